The number of fused-ring (bicyclic) bond motifs is 2. The van der Waals surface area contributed by atoms with E-state index in [2.05, 4.69) is 25.5 Å². The molecule has 3 atom stereocenters. The molecule has 0 bridgehead atoms. The number of nitrogens with zero attached hydrogens (tertiary/aromatic N) is 3. The number of imidazole rings is 1. The van der Waals surface area contributed by atoms with E-state index >= 15 is 0 Å². The van der Waals surface area contributed by atoms with Gasteiger partial charge in [0.25, 0.3) is 0 Å². The second kappa shape index (κ2) is 9.39. The Morgan fingerprint density at radius 2 is 1.92 bits per heavy atom. The number of hydrogen-bond donors (Lipinski definition) is 3. The number of likely N-dealkylation sites (tertiary alicyclic amines) is 2. The van der Waals surface area contributed by atoms with Crippen molar-refractivity contribution in [3.05, 3.63) is 59.9 Å². The van der Waals surface area contributed by atoms with Gasteiger partial charge < -0.3 is 20.5 Å². The molecule has 3 heterocycles. The molecule has 2 aliphatic rings. The maximum Gasteiger partial charge on any atom is 0.238 e. The number of aromatic amines is 1. The third-order valence-electron chi connectivity index (χ3n) is 7.43. The molecular weight excluding hydrogens is 456 g/mol. The van der Waals surface area contributed by atoms with E-state index in [1.54, 1.807) is 6.92 Å². The summed E-state index contributed by atoms with van der Waals surface area (Å²) < 4.78 is 0. The molecule has 3 aromatic rings. The highest BCUT2D eigenvalue weighted by Gasteiger charge is 2.56. The van der Waals surface area contributed by atoms with Crippen LogP contribution in [0.1, 0.15) is 37.7 Å². The van der Waals surface area contributed by atoms with Gasteiger partial charge in [0.15, 0.2) is 0 Å². The number of aromatic nitrogens is 2. The van der Waals surface area contributed by atoms with Gasteiger partial charge in [0.2, 0.25) is 17.7 Å². The van der Waals surface area contributed by atoms with E-state index < -0.39 is 5.54 Å². The van der Waals surface area contributed by atoms with E-state index in [9.17, 15) is 14.4 Å². The van der Waals surface area contributed by atoms with E-state index in [-0.39, 0.29) is 36.2 Å². The number of rotatable bonds is 5. The van der Waals surface area contributed by atoms with Gasteiger partial charge in [0.1, 0.15) is 5.82 Å². The lowest BCUT2D eigenvalue weighted by atomic mass is 9.75. The van der Waals surface area contributed by atoms with Gasteiger partial charge in [0, 0.05) is 45.1 Å². The Balaban J connectivity index is 1.36. The Hall–Kier alpha value is -3.72. The number of benzene rings is 2. The van der Waals surface area contributed by atoms with Crippen LogP contribution < -0.4 is 10.6 Å². The summed E-state index contributed by atoms with van der Waals surface area (Å²) in [6.07, 6.45) is 0.664. The van der Waals surface area contributed by atoms with Crippen molar-refractivity contribution in [1.82, 2.24) is 25.1 Å². The van der Waals surface area contributed by atoms with Gasteiger partial charge in [0.05, 0.1) is 29.2 Å². The molecule has 9 heteroatoms. The Bertz CT molecular complexity index is 1310. The topological polar surface area (TPSA) is 110 Å². The first-order valence-electron chi connectivity index (χ1n) is 12.3. The largest absolute Gasteiger partial charge is 0.349 e. The van der Waals surface area contributed by atoms with Crippen LogP contribution in [0.15, 0.2) is 48.5 Å². The van der Waals surface area contributed by atoms with Crippen molar-refractivity contribution in [2.45, 2.75) is 38.8 Å². The van der Waals surface area contributed by atoms with E-state index in [1.807, 2.05) is 60.4 Å². The molecule has 2 saturated heterocycles. The second-order valence-corrected chi connectivity index (χ2v) is 10.0. The van der Waals surface area contributed by atoms with Crippen molar-refractivity contribution in [2.24, 2.45) is 5.92 Å². The molecule has 5 rings (SSSR count). The zero-order valence-electron chi connectivity index (χ0n) is 20.9. The fourth-order valence-corrected chi connectivity index (χ4v) is 5.98. The average molecular weight is 489 g/mol. The zero-order valence-corrected chi connectivity index (χ0v) is 20.9. The lowest BCUT2D eigenvalue weighted by Crippen LogP contribution is -2.61. The van der Waals surface area contributed by atoms with Crippen LogP contribution >= 0.6 is 0 Å². The minimum atomic E-state index is -0.519. The molecule has 2 aromatic carbocycles. The van der Waals surface area contributed by atoms with Crippen molar-refractivity contribution in [3.8, 4) is 0 Å². The predicted octanol–water partition coefficient (Wildman–Crippen LogP) is 2.61. The van der Waals surface area contributed by atoms with Crippen LogP contribution in [0.4, 0.5) is 5.69 Å². The lowest BCUT2D eigenvalue weighted by Gasteiger charge is -2.44. The maximum absolute atomic E-state index is 13.0. The quantitative estimate of drug-likeness (QED) is 0.511. The molecule has 2 fully saturated rings. The first kappa shape index (κ1) is 24.0. The highest BCUT2D eigenvalue weighted by Crippen LogP contribution is 2.47. The monoisotopic (exact) mass is 488 g/mol. The Morgan fingerprint density at radius 1 is 1.14 bits per heavy atom. The number of aryl methyl sites for hydroxylation is 1. The van der Waals surface area contributed by atoms with Crippen LogP contribution in [-0.2, 0) is 14.4 Å². The van der Waals surface area contributed by atoms with Crippen molar-refractivity contribution in [1.29, 1.82) is 0 Å². The summed E-state index contributed by atoms with van der Waals surface area (Å²) in [5.41, 5.74) is 2.98. The number of H-pyrrole nitrogens is 1. The van der Waals surface area contributed by atoms with Gasteiger partial charge in [-0.05, 0) is 37.1 Å². The van der Waals surface area contributed by atoms with Gasteiger partial charge >= 0.3 is 0 Å². The highest BCUT2D eigenvalue weighted by molar-refractivity contribution is 5.94. The summed E-state index contributed by atoms with van der Waals surface area (Å²) in [7, 11) is 0. The summed E-state index contributed by atoms with van der Waals surface area (Å²) in [5, 5.41) is 6.20. The van der Waals surface area contributed by atoms with Gasteiger partial charge in [-0.3, -0.25) is 19.3 Å². The molecule has 0 aliphatic carbocycles. The van der Waals surface area contributed by atoms with E-state index in [0.717, 1.165) is 22.4 Å². The van der Waals surface area contributed by atoms with Crippen molar-refractivity contribution < 1.29 is 14.4 Å². The van der Waals surface area contributed by atoms with Crippen LogP contribution in [0, 0.1) is 12.8 Å². The van der Waals surface area contributed by atoms with E-state index in [1.165, 1.54) is 6.92 Å². The number of anilines is 1. The van der Waals surface area contributed by atoms with Crippen molar-refractivity contribution in [3.63, 3.8) is 0 Å². The van der Waals surface area contributed by atoms with Crippen molar-refractivity contribution >= 4 is 34.4 Å². The van der Waals surface area contributed by atoms with E-state index in [0.29, 0.717) is 31.7 Å². The summed E-state index contributed by atoms with van der Waals surface area (Å²) in [4.78, 5) is 49.5. The van der Waals surface area contributed by atoms with Crippen LogP contribution in [0.2, 0.25) is 0 Å². The number of amides is 3. The smallest absolute Gasteiger partial charge is 0.238 e. The molecule has 9 nitrogen and oxygen atoms in total. The third kappa shape index (κ3) is 4.58. The summed E-state index contributed by atoms with van der Waals surface area (Å²) in [5.74, 6) is 0.562. The summed E-state index contributed by atoms with van der Waals surface area (Å²) in [6, 6.07) is 15.4. The first-order chi connectivity index (χ1) is 17.2. The van der Waals surface area contributed by atoms with Crippen molar-refractivity contribution in [2.75, 3.05) is 31.5 Å². The second-order valence-electron chi connectivity index (χ2n) is 10.0. The lowest BCUT2D eigenvalue weighted by molar-refractivity contribution is -0.130. The van der Waals surface area contributed by atoms with Crippen LogP contribution in [0.25, 0.3) is 11.0 Å². The van der Waals surface area contributed by atoms with Gasteiger partial charge in [-0.1, -0.05) is 30.3 Å². The molecule has 1 aromatic heterocycles. The van der Waals surface area contributed by atoms with Crippen LogP contribution in [0.5, 0.6) is 0 Å². The minimum absolute atomic E-state index is 0.0169. The standard InChI is InChI=1S/C27H32N6O3/c1-17-28-23-10-9-21(13-24(23)29-17)30-25(36)15-32-12-11-27(31-18(2)34)16-33(19(3)35)26(22(27)14-32)20-7-5-4-6-8-20/h4-10,13,22,26H,11-12,14-16H2,1-3H3,(H,28,29)(H,30,36)(H,31,34)/t22-,26-,27-/m1/s1. The number of hydrogen-bond acceptors (Lipinski definition) is 5. The Morgan fingerprint density at radius 3 is 2.64 bits per heavy atom. The maximum atomic E-state index is 13.0. The third-order valence-corrected chi connectivity index (χ3v) is 7.43. The number of carbonyl (C=O) groups is 3. The molecule has 0 unspecified atom stereocenters. The average Bonchev–Trinajstić information content (AvgIpc) is 3.36. The summed E-state index contributed by atoms with van der Waals surface area (Å²) in [6.45, 7) is 6.94. The molecule has 0 saturated carbocycles. The minimum Gasteiger partial charge on any atom is -0.349 e. The molecule has 3 N–H and O–H groups in total. The zero-order chi connectivity index (χ0) is 25.4. The highest BCUT2D eigenvalue weighted by atomic mass is 16.2. The summed E-state index contributed by atoms with van der Waals surface area (Å²) >= 11 is 0. The molecule has 0 radical (unpaired) electrons. The number of piperidine rings is 1. The van der Waals surface area contributed by atoms with Crippen LogP contribution in [0.3, 0.4) is 0 Å². The molecule has 188 valence electrons. The fraction of sp³-hybridized carbons (Fsp3) is 0.407. The Labute approximate surface area is 210 Å². The molecule has 3 amide bonds. The predicted molar refractivity (Wildman–Crippen MR) is 137 cm³/mol. The van der Waals surface area contributed by atoms with Gasteiger partial charge in [-0.2, -0.15) is 0 Å². The molecule has 0 spiro atoms. The van der Waals surface area contributed by atoms with E-state index in [4.69, 9.17) is 0 Å². The number of nitrogens with one attached hydrogen (secondary N) is 3. The SMILES string of the molecule is CC(=O)N[C@@]12CCN(CC(=O)Nc3ccc4nc(C)[nH]c4c3)C[C@@H]1[C@@H](c1ccccc1)N(C(C)=O)C2. The number of carbonyl (C=O) groups excluding carboxylic acids is 3. The molecule has 36 heavy (non-hydrogen) atoms. The van der Waals surface area contributed by atoms with Gasteiger partial charge in [-0.15, -0.1) is 0 Å². The molecular formula is C27H32N6O3. The normalized spacial score (nSPS) is 23.9. The van der Waals surface area contributed by atoms with Crippen LogP contribution in [-0.4, -0.2) is 69.2 Å². The Kier molecular flexibility index (Phi) is 6.26. The fourth-order valence-electron chi connectivity index (χ4n) is 5.98. The van der Waals surface area contributed by atoms with Gasteiger partial charge in [-0.25, -0.2) is 4.98 Å². The molecule has 2 aliphatic heterocycles. The first-order valence-corrected chi connectivity index (χ1v) is 12.3.